The largest absolute Gasteiger partial charge is 0.497 e. The van der Waals surface area contributed by atoms with Gasteiger partial charge in [-0.1, -0.05) is 48.0 Å². The van der Waals surface area contributed by atoms with Gasteiger partial charge in [-0.15, -0.1) is 0 Å². The molecular formula is C30H31N3O. The summed E-state index contributed by atoms with van der Waals surface area (Å²) in [6.07, 6.45) is 3.42. The number of aryl methyl sites for hydroxylation is 1. The fourth-order valence-electron chi connectivity index (χ4n) is 5.57. The van der Waals surface area contributed by atoms with Gasteiger partial charge in [-0.3, -0.25) is 4.98 Å². The van der Waals surface area contributed by atoms with Gasteiger partial charge in [0.25, 0.3) is 0 Å². The van der Waals surface area contributed by atoms with Crippen molar-refractivity contribution in [2.45, 2.75) is 45.3 Å². The molecule has 4 heteroatoms. The van der Waals surface area contributed by atoms with Crippen molar-refractivity contribution in [1.82, 2.24) is 4.98 Å². The average Bonchev–Trinajstić information content (AvgIpc) is 3.33. The van der Waals surface area contributed by atoms with Crippen LogP contribution in [0.25, 0.3) is 10.9 Å². The molecule has 0 N–H and O–H groups in total. The van der Waals surface area contributed by atoms with E-state index in [1.807, 2.05) is 0 Å². The highest BCUT2D eigenvalue weighted by molar-refractivity contribution is 5.80. The number of benzene rings is 3. The van der Waals surface area contributed by atoms with Crippen LogP contribution >= 0.6 is 0 Å². The molecule has 6 rings (SSSR count). The van der Waals surface area contributed by atoms with Crippen LogP contribution in [0, 0.1) is 6.92 Å². The van der Waals surface area contributed by atoms with E-state index in [4.69, 9.17) is 9.72 Å². The molecule has 1 saturated heterocycles. The van der Waals surface area contributed by atoms with Crippen molar-refractivity contribution in [2.24, 2.45) is 0 Å². The minimum absolute atomic E-state index is 0.471. The molecule has 2 aliphatic heterocycles. The number of aromatic nitrogens is 1. The standard InChI is InChI=1S/C30H31N3O/c1-21-9-11-22(12-10-21)19-32-20-24-16-23-6-3-4-8-27(23)31-28(24)17-25-7-5-15-33(25)29-14-13-26(34-2)18-30(29)32/h3-4,6,8-14,16,18,25H,5,7,15,17,19-20H2,1-2H3. The number of anilines is 2. The predicted molar refractivity (Wildman–Crippen MR) is 140 cm³/mol. The minimum Gasteiger partial charge on any atom is -0.497 e. The summed E-state index contributed by atoms with van der Waals surface area (Å²) in [4.78, 5) is 10.3. The number of hydrogen-bond donors (Lipinski definition) is 0. The Morgan fingerprint density at radius 1 is 0.971 bits per heavy atom. The summed E-state index contributed by atoms with van der Waals surface area (Å²) < 4.78 is 5.68. The summed E-state index contributed by atoms with van der Waals surface area (Å²) in [5, 5.41) is 1.21. The fraction of sp³-hybridized carbons (Fsp3) is 0.300. The lowest BCUT2D eigenvalue weighted by Crippen LogP contribution is -2.32. The molecule has 0 bridgehead atoms. The van der Waals surface area contributed by atoms with Crippen molar-refractivity contribution in [1.29, 1.82) is 0 Å². The van der Waals surface area contributed by atoms with E-state index in [-0.39, 0.29) is 0 Å². The topological polar surface area (TPSA) is 28.6 Å². The van der Waals surface area contributed by atoms with Crippen molar-refractivity contribution in [3.05, 3.63) is 95.2 Å². The molecule has 1 unspecified atom stereocenters. The molecule has 172 valence electrons. The number of fused-ring (bicyclic) bond motifs is 5. The quantitative estimate of drug-likeness (QED) is 0.368. The zero-order chi connectivity index (χ0) is 23.1. The van der Waals surface area contributed by atoms with Crippen LogP contribution in [0.15, 0.2) is 72.8 Å². The molecule has 0 amide bonds. The Morgan fingerprint density at radius 3 is 2.68 bits per heavy atom. The van der Waals surface area contributed by atoms with Crippen molar-refractivity contribution >= 4 is 22.3 Å². The summed E-state index contributed by atoms with van der Waals surface area (Å²) >= 11 is 0. The number of ether oxygens (including phenoxy) is 1. The highest BCUT2D eigenvalue weighted by Crippen LogP contribution is 2.41. The molecule has 1 aromatic heterocycles. The molecule has 2 aliphatic rings. The monoisotopic (exact) mass is 449 g/mol. The van der Waals surface area contributed by atoms with Gasteiger partial charge in [-0.2, -0.15) is 0 Å². The zero-order valence-corrected chi connectivity index (χ0v) is 20.0. The van der Waals surface area contributed by atoms with E-state index in [9.17, 15) is 0 Å². The van der Waals surface area contributed by atoms with Gasteiger partial charge < -0.3 is 14.5 Å². The second-order valence-corrected chi connectivity index (χ2v) is 9.68. The van der Waals surface area contributed by atoms with Gasteiger partial charge in [0, 0.05) is 49.2 Å². The molecule has 0 saturated carbocycles. The molecule has 3 heterocycles. The van der Waals surface area contributed by atoms with E-state index in [2.05, 4.69) is 89.5 Å². The van der Waals surface area contributed by atoms with Gasteiger partial charge in [-0.05, 0) is 55.2 Å². The van der Waals surface area contributed by atoms with E-state index in [1.54, 1.807) is 7.11 Å². The lowest BCUT2D eigenvalue weighted by molar-refractivity contribution is 0.414. The summed E-state index contributed by atoms with van der Waals surface area (Å²) in [5.74, 6) is 0.902. The predicted octanol–water partition coefficient (Wildman–Crippen LogP) is 6.28. The van der Waals surface area contributed by atoms with E-state index >= 15 is 0 Å². The van der Waals surface area contributed by atoms with Crippen LogP contribution in [-0.4, -0.2) is 24.7 Å². The van der Waals surface area contributed by atoms with Crippen LogP contribution in [0.4, 0.5) is 11.4 Å². The van der Waals surface area contributed by atoms with Crippen LogP contribution in [0.3, 0.4) is 0 Å². The van der Waals surface area contributed by atoms with Gasteiger partial charge >= 0.3 is 0 Å². The van der Waals surface area contributed by atoms with E-state index < -0.39 is 0 Å². The van der Waals surface area contributed by atoms with Crippen molar-refractivity contribution in [2.75, 3.05) is 23.5 Å². The molecule has 34 heavy (non-hydrogen) atoms. The normalized spacial score (nSPS) is 17.4. The van der Waals surface area contributed by atoms with Gasteiger partial charge in [0.1, 0.15) is 5.75 Å². The first kappa shape index (κ1) is 21.0. The van der Waals surface area contributed by atoms with E-state index in [0.29, 0.717) is 6.04 Å². The number of pyridine rings is 1. The Bertz CT molecular complexity index is 1330. The Kier molecular flexibility index (Phi) is 5.37. The van der Waals surface area contributed by atoms with Crippen LogP contribution in [0.1, 0.15) is 35.2 Å². The summed E-state index contributed by atoms with van der Waals surface area (Å²) in [7, 11) is 1.76. The second-order valence-electron chi connectivity index (χ2n) is 9.68. The van der Waals surface area contributed by atoms with Gasteiger partial charge in [0.15, 0.2) is 0 Å². The van der Waals surface area contributed by atoms with E-state index in [0.717, 1.165) is 37.3 Å². The zero-order valence-electron chi connectivity index (χ0n) is 20.0. The fourth-order valence-corrected chi connectivity index (χ4v) is 5.57. The van der Waals surface area contributed by atoms with Crippen LogP contribution in [-0.2, 0) is 19.5 Å². The van der Waals surface area contributed by atoms with Crippen molar-refractivity contribution in [3.63, 3.8) is 0 Å². The molecule has 1 atom stereocenters. The molecular weight excluding hydrogens is 418 g/mol. The lowest BCUT2D eigenvalue weighted by atomic mass is 10.0. The number of nitrogens with zero attached hydrogens (tertiary/aromatic N) is 3. The Labute approximate surface area is 201 Å². The maximum atomic E-state index is 5.68. The Morgan fingerprint density at radius 2 is 1.82 bits per heavy atom. The molecule has 0 aliphatic carbocycles. The van der Waals surface area contributed by atoms with Crippen LogP contribution < -0.4 is 14.5 Å². The number of hydrogen-bond acceptors (Lipinski definition) is 4. The molecule has 0 radical (unpaired) electrons. The molecule has 0 spiro atoms. The smallest absolute Gasteiger partial charge is 0.121 e. The van der Waals surface area contributed by atoms with Gasteiger partial charge in [0.2, 0.25) is 0 Å². The highest BCUT2D eigenvalue weighted by Gasteiger charge is 2.31. The molecule has 1 fully saturated rings. The lowest BCUT2D eigenvalue weighted by Gasteiger charge is -2.32. The SMILES string of the molecule is COc1ccc2c(c1)N(Cc1ccc(C)cc1)Cc1cc3ccccc3nc1CC1CCCN21. The Balaban J connectivity index is 1.53. The third-order valence-corrected chi connectivity index (χ3v) is 7.39. The van der Waals surface area contributed by atoms with Crippen molar-refractivity contribution in [3.8, 4) is 5.75 Å². The average molecular weight is 450 g/mol. The first-order valence-electron chi connectivity index (χ1n) is 12.3. The molecule has 4 nitrogen and oxygen atoms in total. The summed E-state index contributed by atoms with van der Waals surface area (Å²) in [5.41, 5.74) is 8.82. The van der Waals surface area contributed by atoms with Crippen LogP contribution in [0.5, 0.6) is 5.75 Å². The maximum absolute atomic E-state index is 5.68. The number of para-hydroxylation sites is 1. The number of rotatable bonds is 3. The summed E-state index contributed by atoms with van der Waals surface area (Å²) in [6, 6.07) is 26.8. The first-order valence-corrected chi connectivity index (χ1v) is 12.3. The maximum Gasteiger partial charge on any atom is 0.121 e. The Hall–Kier alpha value is -3.53. The minimum atomic E-state index is 0.471. The summed E-state index contributed by atoms with van der Waals surface area (Å²) in [6.45, 7) is 4.89. The van der Waals surface area contributed by atoms with Gasteiger partial charge in [0.05, 0.1) is 24.0 Å². The van der Waals surface area contributed by atoms with E-state index in [1.165, 1.54) is 52.0 Å². The van der Waals surface area contributed by atoms with Crippen molar-refractivity contribution < 1.29 is 4.74 Å². The molecule has 4 aromatic rings. The number of methoxy groups -OCH3 is 1. The highest BCUT2D eigenvalue weighted by atomic mass is 16.5. The third-order valence-electron chi connectivity index (χ3n) is 7.39. The van der Waals surface area contributed by atoms with Crippen LogP contribution in [0.2, 0.25) is 0 Å². The molecule has 3 aromatic carbocycles. The van der Waals surface area contributed by atoms with Gasteiger partial charge in [-0.25, -0.2) is 0 Å². The first-order chi connectivity index (χ1) is 16.7. The third kappa shape index (κ3) is 3.87. The second kappa shape index (κ2) is 8.68.